The van der Waals surface area contributed by atoms with E-state index in [2.05, 4.69) is 17.2 Å². The number of benzene rings is 1. The number of carbonyl (C=O) groups is 2. The van der Waals surface area contributed by atoms with Crippen LogP contribution in [0, 0.1) is 0 Å². The van der Waals surface area contributed by atoms with Gasteiger partial charge in [0.05, 0.1) is 18.0 Å². The van der Waals surface area contributed by atoms with Gasteiger partial charge in [-0.25, -0.2) is 0 Å². The highest BCUT2D eigenvalue weighted by Gasteiger charge is 2.17. The lowest BCUT2D eigenvalue weighted by Crippen LogP contribution is -2.25. The molecule has 0 fully saturated rings. The molecule has 2 N–H and O–H groups in total. The highest BCUT2D eigenvalue weighted by atomic mass is 35.5. The van der Waals surface area contributed by atoms with Gasteiger partial charge in [-0.05, 0) is 18.2 Å². The first kappa shape index (κ1) is 13.0. The molecule has 1 aliphatic rings. The van der Waals surface area contributed by atoms with Crippen molar-refractivity contribution in [3.8, 4) is 0 Å². The molecule has 0 radical (unpaired) electrons. The summed E-state index contributed by atoms with van der Waals surface area (Å²) in [4.78, 5) is 24.0. The number of fused-ring (bicyclic) bond motifs is 1. The van der Waals surface area contributed by atoms with Gasteiger partial charge in [0.25, 0.3) is 5.91 Å². The van der Waals surface area contributed by atoms with E-state index in [1.807, 2.05) is 6.07 Å². The molecule has 0 aliphatic carbocycles. The van der Waals surface area contributed by atoms with Crippen molar-refractivity contribution in [2.45, 2.75) is 4.90 Å². The lowest BCUT2D eigenvalue weighted by molar-refractivity contribution is -0.113. The number of carbonyl (C=O) groups excluding carboxylic acids is 2. The van der Waals surface area contributed by atoms with Gasteiger partial charge in [0.2, 0.25) is 5.91 Å². The van der Waals surface area contributed by atoms with Crippen LogP contribution in [0.4, 0.5) is 5.69 Å². The fourth-order valence-electron chi connectivity index (χ4n) is 1.50. The number of nitrogens with one attached hydrogen (secondary N) is 2. The number of anilines is 1. The van der Waals surface area contributed by atoms with Crippen LogP contribution in [0.3, 0.4) is 0 Å². The first-order chi connectivity index (χ1) is 8.56. The summed E-state index contributed by atoms with van der Waals surface area (Å²) in [5.41, 5.74) is 1.16. The number of rotatable bonds is 3. The molecule has 0 unspecified atom stereocenters. The van der Waals surface area contributed by atoms with Crippen LogP contribution in [0.15, 0.2) is 34.7 Å². The minimum atomic E-state index is -0.246. The Morgan fingerprint density at radius 1 is 1.56 bits per heavy atom. The summed E-state index contributed by atoms with van der Waals surface area (Å²) >= 11 is 7.03. The van der Waals surface area contributed by atoms with E-state index in [-0.39, 0.29) is 18.4 Å². The average Bonchev–Trinajstić information content (AvgIpc) is 2.34. The van der Waals surface area contributed by atoms with Crippen molar-refractivity contribution < 1.29 is 9.59 Å². The Balaban J connectivity index is 2.15. The zero-order valence-electron chi connectivity index (χ0n) is 9.46. The van der Waals surface area contributed by atoms with Crippen LogP contribution in [0.1, 0.15) is 10.4 Å². The molecule has 0 saturated carbocycles. The molecule has 0 aromatic heterocycles. The molecule has 4 nitrogen and oxygen atoms in total. The van der Waals surface area contributed by atoms with Crippen molar-refractivity contribution in [3.63, 3.8) is 0 Å². The van der Waals surface area contributed by atoms with E-state index in [4.69, 9.17) is 11.6 Å². The zero-order valence-corrected chi connectivity index (χ0v) is 11.0. The topological polar surface area (TPSA) is 58.2 Å². The third-order valence-corrected chi connectivity index (χ3v) is 3.52. The summed E-state index contributed by atoms with van der Waals surface area (Å²) in [6.45, 7) is 3.71. The van der Waals surface area contributed by atoms with Gasteiger partial charge in [-0.2, -0.15) is 0 Å². The van der Waals surface area contributed by atoms with Crippen molar-refractivity contribution in [2.75, 3.05) is 17.6 Å². The normalized spacial score (nSPS) is 13.5. The van der Waals surface area contributed by atoms with Crippen LogP contribution < -0.4 is 10.6 Å². The van der Waals surface area contributed by atoms with E-state index in [0.29, 0.717) is 22.0 Å². The molecular weight excluding hydrogens is 272 g/mol. The highest BCUT2D eigenvalue weighted by Crippen LogP contribution is 2.31. The molecule has 94 valence electrons. The van der Waals surface area contributed by atoms with Crippen LogP contribution in [0.25, 0.3) is 0 Å². The molecule has 1 aromatic carbocycles. The third kappa shape index (κ3) is 3.05. The Labute approximate surface area is 114 Å². The summed E-state index contributed by atoms with van der Waals surface area (Å²) in [6.07, 6.45) is 0. The maximum atomic E-state index is 11.8. The van der Waals surface area contributed by atoms with E-state index in [1.54, 1.807) is 12.1 Å². The van der Waals surface area contributed by atoms with E-state index < -0.39 is 0 Å². The first-order valence-electron chi connectivity index (χ1n) is 5.24. The largest absolute Gasteiger partial charge is 0.347 e. The summed E-state index contributed by atoms with van der Waals surface area (Å²) in [7, 11) is 0. The number of hydrogen-bond acceptors (Lipinski definition) is 3. The van der Waals surface area contributed by atoms with Gasteiger partial charge in [-0.1, -0.05) is 18.2 Å². The Hall–Kier alpha value is -1.46. The van der Waals surface area contributed by atoms with Crippen molar-refractivity contribution in [1.82, 2.24) is 5.32 Å². The lowest BCUT2D eigenvalue weighted by Gasteiger charge is -2.16. The Morgan fingerprint density at radius 2 is 2.33 bits per heavy atom. The van der Waals surface area contributed by atoms with Gasteiger partial charge >= 0.3 is 0 Å². The minimum absolute atomic E-state index is 0.0563. The summed E-state index contributed by atoms with van der Waals surface area (Å²) in [6, 6.07) is 5.20. The molecular formula is C12H11ClN2O2S. The fourth-order valence-corrected chi connectivity index (χ4v) is 2.36. The standard InChI is InChI=1S/C12H11ClN2O2S/c1-7(13)5-14-12(17)8-2-3-10-9(4-8)15-11(16)6-18-10/h2-4H,1,5-6H2,(H,14,17)(H,15,16). The minimum Gasteiger partial charge on any atom is -0.347 e. The maximum Gasteiger partial charge on any atom is 0.251 e. The summed E-state index contributed by atoms with van der Waals surface area (Å²) in [5.74, 6) is 0.105. The van der Waals surface area contributed by atoms with Crippen molar-refractivity contribution in [1.29, 1.82) is 0 Å². The van der Waals surface area contributed by atoms with Crippen molar-refractivity contribution in [3.05, 3.63) is 35.4 Å². The number of amides is 2. The van der Waals surface area contributed by atoms with Gasteiger partial charge in [0, 0.05) is 15.5 Å². The molecule has 2 rings (SSSR count). The molecule has 1 aliphatic heterocycles. The lowest BCUT2D eigenvalue weighted by atomic mass is 10.2. The van der Waals surface area contributed by atoms with Crippen LogP contribution in [0.5, 0.6) is 0 Å². The Bertz CT molecular complexity index is 531. The van der Waals surface area contributed by atoms with Gasteiger partial charge in [-0.3, -0.25) is 9.59 Å². The molecule has 1 aromatic rings. The van der Waals surface area contributed by atoms with Crippen molar-refractivity contribution in [2.24, 2.45) is 0 Å². The highest BCUT2D eigenvalue weighted by molar-refractivity contribution is 8.00. The smallest absolute Gasteiger partial charge is 0.251 e. The zero-order chi connectivity index (χ0) is 13.1. The van der Waals surface area contributed by atoms with E-state index in [9.17, 15) is 9.59 Å². The first-order valence-corrected chi connectivity index (χ1v) is 6.61. The summed E-state index contributed by atoms with van der Waals surface area (Å²) in [5, 5.41) is 5.73. The second-order valence-corrected chi connectivity index (χ2v) is 5.30. The van der Waals surface area contributed by atoms with Gasteiger partial charge in [0.1, 0.15) is 0 Å². The van der Waals surface area contributed by atoms with Crippen LogP contribution in [-0.4, -0.2) is 24.1 Å². The summed E-state index contributed by atoms with van der Waals surface area (Å²) < 4.78 is 0. The number of halogens is 1. The fraction of sp³-hybridized carbons (Fsp3) is 0.167. The molecule has 18 heavy (non-hydrogen) atoms. The van der Waals surface area contributed by atoms with E-state index in [1.165, 1.54) is 11.8 Å². The molecule has 0 spiro atoms. The van der Waals surface area contributed by atoms with Crippen LogP contribution in [0.2, 0.25) is 0 Å². The monoisotopic (exact) mass is 282 g/mol. The Morgan fingerprint density at radius 3 is 3.06 bits per heavy atom. The van der Waals surface area contributed by atoms with Gasteiger partial charge in [0.15, 0.2) is 0 Å². The SMILES string of the molecule is C=C(Cl)CNC(=O)c1ccc2c(c1)NC(=O)CS2. The molecule has 1 heterocycles. The number of thioether (sulfide) groups is 1. The molecule has 0 bridgehead atoms. The van der Waals surface area contributed by atoms with Gasteiger partial charge < -0.3 is 10.6 Å². The van der Waals surface area contributed by atoms with Crippen LogP contribution >= 0.6 is 23.4 Å². The second-order valence-electron chi connectivity index (χ2n) is 3.75. The molecule has 6 heteroatoms. The Kier molecular flexibility index (Phi) is 3.93. The third-order valence-electron chi connectivity index (χ3n) is 2.32. The van der Waals surface area contributed by atoms with Crippen LogP contribution in [-0.2, 0) is 4.79 Å². The average molecular weight is 283 g/mol. The van der Waals surface area contributed by atoms with E-state index >= 15 is 0 Å². The predicted octanol–water partition coefficient (Wildman–Crippen LogP) is 2.21. The second kappa shape index (κ2) is 5.46. The van der Waals surface area contributed by atoms with Crippen molar-refractivity contribution >= 4 is 40.9 Å². The van der Waals surface area contributed by atoms with Gasteiger partial charge in [-0.15, -0.1) is 11.8 Å². The molecule has 0 atom stereocenters. The molecule has 0 saturated heterocycles. The molecule has 2 amide bonds. The van der Waals surface area contributed by atoms with E-state index in [0.717, 1.165) is 4.90 Å². The maximum absolute atomic E-state index is 11.8. The predicted molar refractivity (Wildman–Crippen MR) is 73.1 cm³/mol. The number of hydrogen-bond donors (Lipinski definition) is 2. The quantitative estimate of drug-likeness (QED) is 0.894.